The molecule has 0 bridgehead atoms. The van der Waals surface area contributed by atoms with E-state index in [9.17, 15) is 14.0 Å². The molecule has 2 aromatic carbocycles. The van der Waals surface area contributed by atoms with Crippen LogP contribution in [0.2, 0.25) is 0 Å². The zero-order valence-corrected chi connectivity index (χ0v) is 13.8. The summed E-state index contributed by atoms with van der Waals surface area (Å²) in [7, 11) is 1.44. The second-order valence-electron chi connectivity index (χ2n) is 5.62. The van der Waals surface area contributed by atoms with Crippen molar-refractivity contribution in [3.8, 4) is 5.75 Å². The third-order valence-corrected chi connectivity index (χ3v) is 3.62. The molecule has 0 amide bonds. The molecule has 0 aliphatic carbocycles. The minimum absolute atomic E-state index is 0.0783. The highest BCUT2D eigenvalue weighted by Crippen LogP contribution is 2.30. The number of halogens is 1. The molecule has 0 spiro atoms. The zero-order valence-electron chi connectivity index (χ0n) is 13.8. The lowest BCUT2D eigenvalue weighted by Crippen LogP contribution is -2.12. The second-order valence-corrected chi connectivity index (χ2v) is 5.62. The van der Waals surface area contributed by atoms with Crippen LogP contribution in [0.3, 0.4) is 0 Å². The second kappa shape index (κ2) is 7.84. The van der Waals surface area contributed by atoms with Crippen molar-refractivity contribution >= 4 is 12.1 Å². The standard InChI is InChI=1S/C19H19FO4/c1-12(2)15-8-9-16(24-11-23-3)17(18(15)20)19(22)14-6-4-13(10-21)5-7-14/h4-10,12H,11H2,1-3H3. The van der Waals surface area contributed by atoms with E-state index >= 15 is 0 Å². The molecule has 0 fully saturated rings. The minimum atomic E-state index is -0.594. The number of carbonyl (C=O) groups excluding carboxylic acids is 2. The van der Waals surface area contributed by atoms with Crippen LogP contribution in [0.15, 0.2) is 36.4 Å². The molecule has 0 aliphatic rings. The van der Waals surface area contributed by atoms with Crippen molar-refractivity contribution in [1.29, 1.82) is 0 Å². The predicted molar refractivity (Wildman–Crippen MR) is 88.3 cm³/mol. The Kier molecular flexibility index (Phi) is 5.82. The smallest absolute Gasteiger partial charge is 0.199 e. The van der Waals surface area contributed by atoms with Gasteiger partial charge in [-0.25, -0.2) is 4.39 Å². The van der Waals surface area contributed by atoms with Crippen LogP contribution in [-0.2, 0) is 4.74 Å². The fraction of sp³-hybridized carbons (Fsp3) is 0.263. The largest absolute Gasteiger partial charge is 0.467 e. The highest BCUT2D eigenvalue weighted by atomic mass is 19.1. The van der Waals surface area contributed by atoms with Crippen LogP contribution in [0.4, 0.5) is 4.39 Å². The monoisotopic (exact) mass is 330 g/mol. The molecule has 0 heterocycles. The molecule has 0 N–H and O–H groups in total. The van der Waals surface area contributed by atoms with Crippen LogP contribution >= 0.6 is 0 Å². The van der Waals surface area contributed by atoms with Crippen molar-refractivity contribution < 1.29 is 23.5 Å². The van der Waals surface area contributed by atoms with Gasteiger partial charge in [0.15, 0.2) is 12.6 Å². The van der Waals surface area contributed by atoms with Crippen LogP contribution < -0.4 is 4.74 Å². The molecule has 126 valence electrons. The summed E-state index contributed by atoms with van der Waals surface area (Å²) >= 11 is 0. The average molecular weight is 330 g/mol. The first-order valence-corrected chi connectivity index (χ1v) is 7.53. The zero-order chi connectivity index (χ0) is 17.7. The van der Waals surface area contributed by atoms with E-state index in [2.05, 4.69) is 0 Å². The normalized spacial score (nSPS) is 10.7. The van der Waals surface area contributed by atoms with Gasteiger partial charge in [0.25, 0.3) is 0 Å². The molecule has 4 nitrogen and oxygen atoms in total. The number of carbonyl (C=O) groups is 2. The van der Waals surface area contributed by atoms with E-state index in [1.807, 2.05) is 13.8 Å². The van der Waals surface area contributed by atoms with E-state index in [-0.39, 0.29) is 29.6 Å². The lowest BCUT2D eigenvalue weighted by molar-refractivity contribution is 0.0500. The summed E-state index contributed by atoms with van der Waals surface area (Å²) in [6, 6.07) is 9.20. The quantitative estimate of drug-likeness (QED) is 0.438. The Morgan fingerprint density at radius 2 is 1.83 bits per heavy atom. The average Bonchev–Trinajstić information content (AvgIpc) is 2.59. The van der Waals surface area contributed by atoms with Crippen LogP contribution in [0.5, 0.6) is 5.75 Å². The van der Waals surface area contributed by atoms with Gasteiger partial charge < -0.3 is 9.47 Å². The molecular weight excluding hydrogens is 311 g/mol. The van der Waals surface area contributed by atoms with Crippen molar-refractivity contribution in [3.05, 3.63) is 64.5 Å². The van der Waals surface area contributed by atoms with Gasteiger partial charge in [-0.15, -0.1) is 0 Å². The topological polar surface area (TPSA) is 52.6 Å². The van der Waals surface area contributed by atoms with Gasteiger partial charge in [-0.05, 0) is 17.5 Å². The first kappa shape index (κ1) is 17.8. The molecular formula is C19H19FO4. The van der Waals surface area contributed by atoms with Gasteiger partial charge in [-0.1, -0.05) is 44.2 Å². The Balaban J connectivity index is 2.52. The summed E-state index contributed by atoms with van der Waals surface area (Å²) in [5.74, 6) is -1.05. The van der Waals surface area contributed by atoms with E-state index in [1.165, 1.54) is 31.4 Å². The number of ether oxygens (including phenoxy) is 2. The fourth-order valence-corrected chi connectivity index (χ4v) is 2.33. The Morgan fingerprint density at radius 3 is 2.38 bits per heavy atom. The van der Waals surface area contributed by atoms with Crippen LogP contribution in [-0.4, -0.2) is 26.0 Å². The maximum absolute atomic E-state index is 14.9. The molecule has 0 saturated carbocycles. The third kappa shape index (κ3) is 3.68. The number of aldehydes is 1. The fourth-order valence-electron chi connectivity index (χ4n) is 2.33. The van der Waals surface area contributed by atoms with Crippen LogP contribution in [0.1, 0.15) is 51.6 Å². The number of methoxy groups -OCH3 is 1. The SMILES string of the molecule is COCOc1ccc(C(C)C)c(F)c1C(=O)c1ccc(C=O)cc1. The first-order chi connectivity index (χ1) is 11.5. The van der Waals surface area contributed by atoms with E-state index in [0.717, 1.165) is 0 Å². The summed E-state index contributed by atoms with van der Waals surface area (Å²) < 4.78 is 25.1. The number of ketones is 1. The molecule has 0 unspecified atom stereocenters. The summed E-state index contributed by atoms with van der Waals surface area (Å²) in [5.41, 5.74) is 1.03. The number of hydrogen-bond acceptors (Lipinski definition) is 4. The third-order valence-electron chi connectivity index (χ3n) is 3.62. The van der Waals surface area contributed by atoms with Gasteiger partial charge in [0.2, 0.25) is 0 Å². The maximum Gasteiger partial charge on any atom is 0.199 e. The Hall–Kier alpha value is -2.53. The molecule has 24 heavy (non-hydrogen) atoms. The molecule has 2 aromatic rings. The van der Waals surface area contributed by atoms with Crippen molar-refractivity contribution in [2.75, 3.05) is 13.9 Å². The lowest BCUT2D eigenvalue weighted by Gasteiger charge is -2.15. The number of hydrogen-bond donors (Lipinski definition) is 0. The van der Waals surface area contributed by atoms with E-state index in [1.54, 1.807) is 12.1 Å². The first-order valence-electron chi connectivity index (χ1n) is 7.53. The molecule has 0 atom stereocenters. The summed E-state index contributed by atoms with van der Waals surface area (Å²) in [4.78, 5) is 23.5. The van der Waals surface area contributed by atoms with E-state index in [4.69, 9.17) is 9.47 Å². The molecule has 0 saturated heterocycles. The Bertz CT molecular complexity index is 736. The van der Waals surface area contributed by atoms with Crippen molar-refractivity contribution in [1.82, 2.24) is 0 Å². The Morgan fingerprint density at radius 1 is 1.17 bits per heavy atom. The molecule has 2 rings (SSSR count). The van der Waals surface area contributed by atoms with Gasteiger partial charge in [-0.2, -0.15) is 0 Å². The van der Waals surface area contributed by atoms with Gasteiger partial charge in [0, 0.05) is 18.2 Å². The maximum atomic E-state index is 14.9. The van der Waals surface area contributed by atoms with Gasteiger partial charge in [0.1, 0.15) is 23.4 Å². The minimum Gasteiger partial charge on any atom is -0.467 e. The lowest BCUT2D eigenvalue weighted by atomic mass is 9.94. The highest BCUT2D eigenvalue weighted by molar-refractivity contribution is 6.11. The Labute approximate surface area is 140 Å². The molecule has 0 radical (unpaired) electrons. The van der Waals surface area contributed by atoms with Crippen molar-refractivity contribution in [2.45, 2.75) is 19.8 Å². The van der Waals surface area contributed by atoms with Gasteiger partial charge in [-0.3, -0.25) is 9.59 Å². The highest BCUT2D eigenvalue weighted by Gasteiger charge is 2.23. The molecule has 5 heteroatoms. The summed E-state index contributed by atoms with van der Waals surface area (Å²) in [6.07, 6.45) is 0.682. The predicted octanol–water partition coefficient (Wildman–Crippen LogP) is 3.98. The summed E-state index contributed by atoms with van der Waals surface area (Å²) in [6.45, 7) is 3.60. The van der Waals surface area contributed by atoms with E-state index in [0.29, 0.717) is 17.4 Å². The molecule has 0 aromatic heterocycles. The number of benzene rings is 2. The van der Waals surface area contributed by atoms with Crippen LogP contribution in [0, 0.1) is 5.82 Å². The molecule has 0 aliphatic heterocycles. The van der Waals surface area contributed by atoms with Gasteiger partial charge in [0.05, 0.1) is 0 Å². The van der Waals surface area contributed by atoms with Crippen molar-refractivity contribution in [2.24, 2.45) is 0 Å². The van der Waals surface area contributed by atoms with Crippen LogP contribution in [0.25, 0.3) is 0 Å². The summed E-state index contributed by atoms with van der Waals surface area (Å²) in [5, 5.41) is 0. The van der Waals surface area contributed by atoms with Gasteiger partial charge >= 0.3 is 0 Å². The van der Waals surface area contributed by atoms with E-state index < -0.39 is 11.6 Å². The van der Waals surface area contributed by atoms with Crippen molar-refractivity contribution in [3.63, 3.8) is 0 Å². The number of rotatable bonds is 7.